The Kier molecular flexibility index (Phi) is 9.52. The third-order valence-corrected chi connectivity index (χ3v) is 3.97. The van der Waals surface area contributed by atoms with Crippen LogP contribution in [0.1, 0.15) is 24.0 Å². The summed E-state index contributed by atoms with van der Waals surface area (Å²) in [6.45, 7) is 2.48. The Hall–Kier alpha value is -2.80. The number of hydrogen-bond acceptors (Lipinski definition) is 5. The number of nitrogens with one attached hydrogen (secondary N) is 3. The molecule has 0 radical (unpaired) electrons. The third kappa shape index (κ3) is 9.46. The van der Waals surface area contributed by atoms with Gasteiger partial charge < -0.3 is 16.0 Å². The van der Waals surface area contributed by atoms with Crippen molar-refractivity contribution >= 4 is 11.8 Å². The highest BCUT2D eigenvalue weighted by Crippen LogP contribution is 2.00. The molecule has 144 valence electrons. The minimum absolute atomic E-state index is 0.0318. The predicted octanol–water partition coefficient (Wildman–Crippen LogP) is 0.864. The summed E-state index contributed by atoms with van der Waals surface area (Å²) in [4.78, 5) is 31.6. The molecule has 27 heavy (non-hydrogen) atoms. The Balaban J connectivity index is 1.41. The maximum Gasteiger partial charge on any atom is 0.220 e. The fraction of sp³-hybridized carbons (Fsp3) is 0.400. The van der Waals surface area contributed by atoms with Gasteiger partial charge in [-0.2, -0.15) is 0 Å². The summed E-state index contributed by atoms with van der Waals surface area (Å²) in [6.07, 6.45) is 9.30. The summed E-state index contributed by atoms with van der Waals surface area (Å²) >= 11 is 0. The normalized spacial score (nSPS) is 10.4. The van der Waals surface area contributed by atoms with Crippen LogP contribution in [0.2, 0.25) is 0 Å². The lowest BCUT2D eigenvalue weighted by Crippen LogP contribution is -2.36. The number of hydrogen-bond donors (Lipinski definition) is 3. The van der Waals surface area contributed by atoms with Gasteiger partial charge in [0.2, 0.25) is 11.8 Å². The van der Waals surface area contributed by atoms with Gasteiger partial charge in [-0.1, -0.05) is 12.1 Å². The van der Waals surface area contributed by atoms with Gasteiger partial charge in [-0.25, -0.2) is 0 Å². The van der Waals surface area contributed by atoms with Crippen molar-refractivity contribution in [2.45, 2.75) is 25.7 Å². The van der Waals surface area contributed by atoms with Crippen LogP contribution in [0.25, 0.3) is 0 Å². The highest BCUT2D eigenvalue weighted by molar-refractivity contribution is 5.76. The van der Waals surface area contributed by atoms with Crippen LogP contribution in [0.5, 0.6) is 0 Å². The van der Waals surface area contributed by atoms with E-state index in [1.54, 1.807) is 24.8 Å². The Morgan fingerprint density at radius 1 is 0.741 bits per heavy atom. The molecule has 2 heterocycles. The van der Waals surface area contributed by atoms with E-state index in [9.17, 15) is 9.59 Å². The van der Waals surface area contributed by atoms with Gasteiger partial charge in [0.15, 0.2) is 0 Å². The molecule has 0 unspecified atom stereocenters. The molecule has 0 aliphatic rings. The molecular formula is C20H27N5O2. The van der Waals surface area contributed by atoms with Crippen LogP contribution in [0.4, 0.5) is 0 Å². The summed E-state index contributed by atoms with van der Waals surface area (Å²) < 4.78 is 0. The molecule has 7 nitrogen and oxygen atoms in total. The van der Waals surface area contributed by atoms with Crippen LogP contribution in [0.3, 0.4) is 0 Å². The van der Waals surface area contributed by atoms with Crippen molar-refractivity contribution in [2.75, 3.05) is 26.2 Å². The van der Waals surface area contributed by atoms with Crippen molar-refractivity contribution in [3.8, 4) is 0 Å². The average Bonchev–Trinajstić information content (AvgIpc) is 2.71. The number of aryl methyl sites for hydroxylation is 2. The van der Waals surface area contributed by atoms with Crippen molar-refractivity contribution in [2.24, 2.45) is 0 Å². The monoisotopic (exact) mass is 369 g/mol. The fourth-order valence-corrected chi connectivity index (χ4v) is 2.49. The summed E-state index contributed by atoms with van der Waals surface area (Å²) in [5.41, 5.74) is 2.12. The number of carbonyl (C=O) groups excluding carboxylic acids is 2. The Bertz CT molecular complexity index is 620. The standard InChI is InChI=1S/C20H27N5O2/c26-19(7-5-17-3-1-9-22-15-17)24-13-11-21-12-14-25-20(27)8-6-18-4-2-10-23-16-18/h1-4,9-10,15-16,21H,5-8,11-14H2,(H,24,26)(H,25,27). The van der Waals surface area contributed by atoms with E-state index in [-0.39, 0.29) is 11.8 Å². The second-order valence-electron chi connectivity index (χ2n) is 6.17. The molecule has 0 fully saturated rings. The zero-order valence-electron chi connectivity index (χ0n) is 15.5. The van der Waals surface area contributed by atoms with E-state index in [1.165, 1.54) is 0 Å². The molecule has 0 saturated carbocycles. The van der Waals surface area contributed by atoms with Crippen molar-refractivity contribution in [1.82, 2.24) is 25.9 Å². The molecule has 2 amide bonds. The third-order valence-electron chi connectivity index (χ3n) is 3.97. The summed E-state index contributed by atoms with van der Waals surface area (Å²) in [5.74, 6) is 0.0636. The van der Waals surface area contributed by atoms with E-state index in [1.807, 2.05) is 24.3 Å². The van der Waals surface area contributed by atoms with Gasteiger partial charge in [-0.3, -0.25) is 19.6 Å². The highest BCUT2D eigenvalue weighted by atomic mass is 16.2. The lowest BCUT2D eigenvalue weighted by molar-refractivity contribution is -0.121. The predicted molar refractivity (Wildman–Crippen MR) is 104 cm³/mol. The van der Waals surface area contributed by atoms with E-state index < -0.39 is 0 Å². The first-order valence-electron chi connectivity index (χ1n) is 9.26. The van der Waals surface area contributed by atoms with Crippen LogP contribution in [0.15, 0.2) is 49.1 Å². The zero-order chi connectivity index (χ0) is 19.2. The van der Waals surface area contributed by atoms with Gasteiger partial charge in [0.05, 0.1) is 0 Å². The lowest BCUT2D eigenvalue weighted by atomic mass is 10.1. The second kappa shape index (κ2) is 12.5. The first-order chi connectivity index (χ1) is 13.2. The van der Waals surface area contributed by atoms with Gasteiger partial charge in [0, 0.05) is 63.8 Å². The molecule has 0 aliphatic heterocycles. The minimum Gasteiger partial charge on any atom is -0.355 e. The zero-order valence-corrected chi connectivity index (χ0v) is 15.5. The number of carbonyl (C=O) groups is 2. The molecule has 2 aromatic rings. The molecule has 0 saturated heterocycles. The van der Waals surface area contributed by atoms with E-state index in [0.29, 0.717) is 51.9 Å². The summed E-state index contributed by atoms with van der Waals surface area (Å²) in [6, 6.07) is 7.67. The quantitative estimate of drug-likeness (QED) is 0.482. The van der Waals surface area contributed by atoms with Crippen molar-refractivity contribution < 1.29 is 9.59 Å². The van der Waals surface area contributed by atoms with Crippen LogP contribution in [0, 0.1) is 0 Å². The van der Waals surface area contributed by atoms with Gasteiger partial charge >= 0.3 is 0 Å². The summed E-state index contributed by atoms with van der Waals surface area (Å²) in [7, 11) is 0. The molecule has 0 aliphatic carbocycles. The van der Waals surface area contributed by atoms with Crippen LogP contribution in [-0.2, 0) is 22.4 Å². The molecule has 0 aromatic carbocycles. The number of nitrogens with zero attached hydrogens (tertiary/aromatic N) is 2. The maximum atomic E-state index is 11.8. The van der Waals surface area contributed by atoms with Crippen molar-refractivity contribution in [3.05, 3.63) is 60.2 Å². The second-order valence-corrected chi connectivity index (χ2v) is 6.17. The van der Waals surface area contributed by atoms with Crippen LogP contribution < -0.4 is 16.0 Å². The van der Waals surface area contributed by atoms with Gasteiger partial charge in [0.25, 0.3) is 0 Å². The molecule has 2 rings (SSSR count). The molecular weight excluding hydrogens is 342 g/mol. The number of pyridine rings is 2. The van der Waals surface area contributed by atoms with E-state index in [4.69, 9.17) is 0 Å². The fourth-order valence-electron chi connectivity index (χ4n) is 2.49. The van der Waals surface area contributed by atoms with Crippen LogP contribution >= 0.6 is 0 Å². The molecule has 0 bridgehead atoms. The van der Waals surface area contributed by atoms with Crippen LogP contribution in [-0.4, -0.2) is 48.0 Å². The Labute approximate surface area is 160 Å². The number of aromatic nitrogens is 2. The van der Waals surface area contributed by atoms with Crippen molar-refractivity contribution in [3.63, 3.8) is 0 Å². The SMILES string of the molecule is O=C(CCc1cccnc1)NCCNCCNC(=O)CCc1cccnc1. The molecule has 0 spiro atoms. The smallest absolute Gasteiger partial charge is 0.220 e. The molecule has 2 aromatic heterocycles. The lowest BCUT2D eigenvalue weighted by Gasteiger charge is -2.08. The largest absolute Gasteiger partial charge is 0.355 e. The Morgan fingerprint density at radius 3 is 1.63 bits per heavy atom. The first-order valence-corrected chi connectivity index (χ1v) is 9.26. The van der Waals surface area contributed by atoms with Gasteiger partial charge in [0.1, 0.15) is 0 Å². The van der Waals surface area contributed by atoms with E-state index >= 15 is 0 Å². The molecule has 0 atom stereocenters. The van der Waals surface area contributed by atoms with Crippen molar-refractivity contribution in [1.29, 1.82) is 0 Å². The van der Waals surface area contributed by atoms with E-state index in [0.717, 1.165) is 11.1 Å². The van der Waals surface area contributed by atoms with Gasteiger partial charge in [-0.15, -0.1) is 0 Å². The average molecular weight is 369 g/mol. The van der Waals surface area contributed by atoms with Gasteiger partial charge in [-0.05, 0) is 36.1 Å². The highest BCUT2D eigenvalue weighted by Gasteiger charge is 2.03. The summed E-state index contributed by atoms with van der Waals surface area (Å²) in [5, 5.41) is 8.95. The molecule has 7 heteroatoms. The first kappa shape index (κ1) is 20.5. The molecule has 3 N–H and O–H groups in total. The Morgan fingerprint density at radius 2 is 1.22 bits per heavy atom. The number of amides is 2. The minimum atomic E-state index is 0.0318. The number of rotatable bonds is 12. The topological polar surface area (TPSA) is 96.0 Å². The van der Waals surface area contributed by atoms with E-state index in [2.05, 4.69) is 25.9 Å². The maximum absolute atomic E-state index is 11.8.